The molecule has 84 valence electrons. The zero-order chi connectivity index (χ0) is 11.8. The molecule has 0 aromatic heterocycles. The van der Waals surface area contributed by atoms with E-state index in [1.54, 1.807) is 14.2 Å². The Morgan fingerprint density at radius 2 is 1.81 bits per heavy atom. The fraction of sp³-hybridized carbons (Fsp3) is 0.417. The van der Waals surface area contributed by atoms with E-state index in [9.17, 15) is 5.26 Å². The Kier molecular flexibility index (Phi) is 2.81. The van der Waals surface area contributed by atoms with Gasteiger partial charge >= 0.3 is 0 Å². The van der Waals surface area contributed by atoms with Gasteiger partial charge in [0, 0.05) is 4.47 Å². The van der Waals surface area contributed by atoms with Gasteiger partial charge in [-0.3, -0.25) is 0 Å². The molecule has 1 aromatic rings. The minimum absolute atomic E-state index is 0.321. The molecule has 1 aromatic carbocycles. The first kappa shape index (κ1) is 11.3. The summed E-state index contributed by atoms with van der Waals surface area (Å²) in [5.41, 5.74) is 0.672. The second-order valence-electron chi connectivity index (χ2n) is 3.88. The molecule has 0 aliphatic heterocycles. The molecule has 0 spiro atoms. The lowest BCUT2D eigenvalue weighted by Crippen LogP contribution is -2.05. The van der Waals surface area contributed by atoms with Crippen LogP contribution in [0.25, 0.3) is 0 Å². The molecule has 0 N–H and O–H groups in total. The molecule has 0 amide bonds. The molecule has 3 nitrogen and oxygen atoms in total. The summed E-state index contributed by atoms with van der Waals surface area (Å²) in [6, 6.07) is 6.11. The number of hydrogen-bond acceptors (Lipinski definition) is 3. The van der Waals surface area contributed by atoms with E-state index in [4.69, 9.17) is 9.47 Å². The molecule has 0 unspecified atom stereocenters. The number of ether oxygens (including phenoxy) is 2. The van der Waals surface area contributed by atoms with Gasteiger partial charge in [0.2, 0.25) is 0 Å². The van der Waals surface area contributed by atoms with Gasteiger partial charge in [0.15, 0.2) is 11.5 Å². The van der Waals surface area contributed by atoms with E-state index in [2.05, 4.69) is 22.0 Å². The Labute approximate surface area is 103 Å². The molecule has 0 bridgehead atoms. The zero-order valence-corrected chi connectivity index (χ0v) is 10.8. The number of benzene rings is 1. The van der Waals surface area contributed by atoms with E-state index in [0.717, 1.165) is 22.9 Å². The van der Waals surface area contributed by atoms with Crippen molar-refractivity contribution in [1.82, 2.24) is 0 Å². The van der Waals surface area contributed by atoms with Crippen LogP contribution in [-0.4, -0.2) is 14.2 Å². The number of nitrogens with zero attached hydrogens (tertiary/aromatic N) is 1. The largest absolute Gasteiger partial charge is 0.493 e. The van der Waals surface area contributed by atoms with Gasteiger partial charge in [-0.1, -0.05) is 15.9 Å². The van der Waals surface area contributed by atoms with Crippen molar-refractivity contribution in [2.24, 2.45) is 0 Å². The smallest absolute Gasteiger partial charge is 0.161 e. The summed E-state index contributed by atoms with van der Waals surface area (Å²) >= 11 is 3.48. The van der Waals surface area contributed by atoms with Gasteiger partial charge in [0.05, 0.1) is 25.7 Å². The van der Waals surface area contributed by atoms with Gasteiger partial charge < -0.3 is 9.47 Å². The Bertz CT molecular complexity index is 461. The molecule has 1 aliphatic rings. The topological polar surface area (TPSA) is 42.2 Å². The molecule has 0 atom stereocenters. The quantitative estimate of drug-likeness (QED) is 0.855. The molecular weight excluding hydrogens is 270 g/mol. The second kappa shape index (κ2) is 3.99. The standard InChI is InChI=1S/C12H12BrNO2/c1-15-10-5-8(12(7-14)3-4-12)9(13)6-11(10)16-2/h5-6H,3-4H2,1-2H3. The van der Waals surface area contributed by atoms with E-state index >= 15 is 0 Å². The van der Waals surface area contributed by atoms with E-state index in [-0.39, 0.29) is 5.41 Å². The van der Waals surface area contributed by atoms with E-state index in [0.29, 0.717) is 11.5 Å². The van der Waals surface area contributed by atoms with Crippen molar-refractivity contribution in [3.8, 4) is 17.6 Å². The van der Waals surface area contributed by atoms with Crippen molar-refractivity contribution >= 4 is 15.9 Å². The molecule has 0 radical (unpaired) electrons. The van der Waals surface area contributed by atoms with Crippen LogP contribution in [0, 0.1) is 11.3 Å². The van der Waals surface area contributed by atoms with Crippen molar-refractivity contribution in [3.05, 3.63) is 22.2 Å². The molecule has 1 saturated carbocycles. The van der Waals surface area contributed by atoms with Gasteiger partial charge in [-0.25, -0.2) is 0 Å². The minimum Gasteiger partial charge on any atom is -0.493 e. The van der Waals surface area contributed by atoms with Crippen LogP contribution in [0.2, 0.25) is 0 Å². The fourth-order valence-electron chi connectivity index (χ4n) is 1.79. The van der Waals surface area contributed by atoms with Crippen molar-refractivity contribution in [1.29, 1.82) is 5.26 Å². The summed E-state index contributed by atoms with van der Waals surface area (Å²) in [7, 11) is 3.20. The summed E-state index contributed by atoms with van der Waals surface area (Å²) in [6.45, 7) is 0. The van der Waals surface area contributed by atoms with Crippen LogP contribution >= 0.6 is 15.9 Å². The lowest BCUT2D eigenvalue weighted by molar-refractivity contribution is 0.354. The average Bonchev–Trinajstić information content (AvgIpc) is 3.09. The lowest BCUT2D eigenvalue weighted by Gasteiger charge is -2.14. The summed E-state index contributed by atoms with van der Waals surface area (Å²) in [5, 5.41) is 9.18. The molecule has 4 heteroatoms. The van der Waals surface area contributed by atoms with Crippen LogP contribution in [-0.2, 0) is 5.41 Å². The zero-order valence-electron chi connectivity index (χ0n) is 9.21. The van der Waals surface area contributed by atoms with Crippen LogP contribution < -0.4 is 9.47 Å². The highest BCUT2D eigenvalue weighted by molar-refractivity contribution is 9.10. The summed E-state index contributed by atoms with van der Waals surface area (Å²) in [4.78, 5) is 0. The first-order valence-corrected chi connectivity index (χ1v) is 5.79. The summed E-state index contributed by atoms with van der Waals surface area (Å²) in [5.74, 6) is 1.34. The molecule has 2 rings (SSSR count). The van der Waals surface area contributed by atoms with Crippen molar-refractivity contribution < 1.29 is 9.47 Å². The highest BCUT2D eigenvalue weighted by Crippen LogP contribution is 2.52. The number of halogens is 1. The Hall–Kier alpha value is -1.21. The predicted octanol–water partition coefficient (Wildman–Crippen LogP) is 3.02. The van der Waals surface area contributed by atoms with Gasteiger partial charge in [-0.15, -0.1) is 0 Å². The second-order valence-corrected chi connectivity index (χ2v) is 4.74. The van der Waals surface area contributed by atoms with Gasteiger partial charge in [0.1, 0.15) is 0 Å². The Morgan fingerprint density at radius 1 is 1.25 bits per heavy atom. The van der Waals surface area contributed by atoms with Crippen molar-refractivity contribution in [2.45, 2.75) is 18.3 Å². The lowest BCUT2D eigenvalue weighted by atomic mass is 9.97. The van der Waals surface area contributed by atoms with E-state index < -0.39 is 0 Å². The Balaban J connectivity index is 2.52. The Morgan fingerprint density at radius 3 is 2.25 bits per heavy atom. The van der Waals surface area contributed by atoms with Crippen molar-refractivity contribution in [2.75, 3.05) is 14.2 Å². The molecule has 16 heavy (non-hydrogen) atoms. The van der Waals surface area contributed by atoms with Crippen LogP contribution in [0.15, 0.2) is 16.6 Å². The normalized spacial score (nSPS) is 16.4. The monoisotopic (exact) mass is 281 g/mol. The first-order chi connectivity index (χ1) is 7.66. The number of rotatable bonds is 3. The summed E-state index contributed by atoms with van der Waals surface area (Å²) in [6.07, 6.45) is 1.83. The molecule has 1 aliphatic carbocycles. The SMILES string of the molecule is COc1cc(Br)c(C2(C#N)CC2)cc1OC. The first-order valence-electron chi connectivity index (χ1n) is 5.00. The maximum absolute atomic E-state index is 9.18. The third kappa shape index (κ3) is 1.65. The molecule has 0 heterocycles. The summed E-state index contributed by atoms with van der Waals surface area (Å²) < 4.78 is 11.4. The maximum atomic E-state index is 9.18. The molecule has 0 saturated heterocycles. The molecule has 1 fully saturated rings. The third-order valence-corrected chi connectivity index (χ3v) is 3.61. The highest BCUT2D eigenvalue weighted by atomic mass is 79.9. The fourth-order valence-corrected chi connectivity index (χ4v) is 2.49. The number of nitriles is 1. The minimum atomic E-state index is -0.321. The van der Waals surface area contributed by atoms with Gasteiger partial charge in [-0.05, 0) is 30.5 Å². The highest BCUT2D eigenvalue weighted by Gasteiger charge is 2.46. The van der Waals surface area contributed by atoms with Crippen LogP contribution in [0.5, 0.6) is 11.5 Å². The third-order valence-electron chi connectivity index (χ3n) is 2.95. The van der Waals surface area contributed by atoms with Crippen LogP contribution in [0.1, 0.15) is 18.4 Å². The average molecular weight is 282 g/mol. The van der Waals surface area contributed by atoms with Gasteiger partial charge in [0.25, 0.3) is 0 Å². The van der Waals surface area contributed by atoms with Crippen LogP contribution in [0.4, 0.5) is 0 Å². The van der Waals surface area contributed by atoms with Crippen LogP contribution in [0.3, 0.4) is 0 Å². The van der Waals surface area contributed by atoms with E-state index in [1.807, 2.05) is 12.1 Å². The van der Waals surface area contributed by atoms with E-state index in [1.165, 1.54) is 0 Å². The molecular formula is C12H12BrNO2. The number of methoxy groups -OCH3 is 2. The van der Waals surface area contributed by atoms with Gasteiger partial charge in [-0.2, -0.15) is 5.26 Å². The maximum Gasteiger partial charge on any atom is 0.161 e. The van der Waals surface area contributed by atoms with Crippen molar-refractivity contribution in [3.63, 3.8) is 0 Å². The number of hydrogen-bond donors (Lipinski definition) is 0. The predicted molar refractivity (Wildman–Crippen MR) is 63.8 cm³/mol.